The summed E-state index contributed by atoms with van der Waals surface area (Å²) in [6.45, 7) is 3.51. The van der Waals surface area contributed by atoms with Gasteiger partial charge in [0, 0.05) is 44.4 Å². The molecule has 1 saturated heterocycles. The Kier molecular flexibility index (Phi) is 5.29. The Hall–Kier alpha value is -2.78. The van der Waals surface area contributed by atoms with E-state index in [1.54, 1.807) is 6.07 Å². The molecule has 1 aromatic heterocycles. The molecule has 1 N–H and O–H groups in total. The molecule has 0 unspecified atom stereocenters. The molecule has 1 aliphatic rings. The summed E-state index contributed by atoms with van der Waals surface area (Å²) in [4.78, 5) is 35.4. The summed E-state index contributed by atoms with van der Waals surface area (Å²) in [5, 5.41) is 13.6. The van der Waals surface area contributed by atoms with Crippen molar-refractivity contribution in [3.8, 4) is 0 Å². The minimum absolute atomic E-state index is 0.0145. The molecule has 0 radical (unpaired) electrons. The first-order valence-corrected chi connectivity index (χ1v) is 8.32. The standard InChI is InChI=1S/C16H17ClN6O3/c1-21-4-6-22(7-5-21)15-9-14(18-10-19-15)20-16(24)12-8-11(23(25)26)2-3-13(12)17/h2-3,8-10H,4-7H2,1H3,(H,18,19,20,24). The molecule has 10 heteroatoms. The van der Waals surface area contributed by atoms with Gasteiger partial charge in [-0.05, 0) is 13.1 Å². The SMILES string of the molecule is CN1CCN(c2cc(NC(=O)c3cc([N+](=O)[O-])ccc3Cl)ncn2)CC1. The predicted molar refractivity (Wildman–Crippen MR) is 97.8 cm³/mol. The van der Waals surface area contributed by atoms with Gasteiger partial charge < -0.3 is 15.1 Å². The van der Waals surface area contributed by atoms with Crippen LogP contribution in [0.4, 0.5) is 17.3 Å². The third kappa shape index (κ3) is 4.06. The van der Waals surface area contributed by atoms with E-state index in [2.05, 4.69) is 32.1 Å². The van der Waals surface area contributed by atoms with E-state index in [0.29, 0.717) is 11.6 Å². The molecule has 1 amide bonds. The van der Waals surface area contributed by atoms with Crippen LogP contribution in [0.1, 0.15) is 10.4 Å². The van der Waals surface area contributed by atoms with Crippen molar-refractivity contribution in [2.24, 2.45) is 0 Å². The maximum atomic E-state index is 12.4. The molecule has 2 heterocycles. The molecule has 0 saturated carbocycles. The number of non-ortho nitro benzene ring substituents is 1. The Morgan fingerprint density at radius 2 is 1.96 bits per heavy atom. The Morgan fingerprint density at radius 1 is 1.23 bits per heavy atom. The molecular formula is C16H17ClN6O3. The lowest BCUT2D eigenvalue weighted by molar-refractivity contribution is -0.384. The Bertz CT molecular complexity index is 838. The smallest absolute Gasteiger partial charge is 0.270 e. The fourth-order valence-corrected chi connectivity index (χ4v) is 2.81. The molecule has 9 nitrogen and oxygen atoms in total. The van der Waals surface area contributed by atoms with Gasteiger partial charge in [0.05, 0.1) is 15.5 Å². The van der Waals surface area contributed by atoms with Crippen molar-refractivity contribution in [1.29, 1.82) is 0 Å². The zero-order chi connectivity index (χ0) is 18.7. The second-order valence-corrected chi connectivity index (χ2v) is 6.33. The van der Waals surface area contributed by atoms with Gasteiger partial charge >= 0.3 is 0 Å². The van der Waals surface area contributed by atoms with Crippen LogP contribution in [0.25, 0.3) is 0 Å². The molecule has 1 aliphatic heterocycles. The number of halogens is 1. The molecule has 136 valence electrons. The second kappa shape index (κ2) is 7.63. The van der Waals surface area contributed by atoms with E-state index in [9.17, 15) is 14.9 Å². The molecule has 0 bridgehead atoms. The highest BCUT2D eigenvalue weighted by molar-refractivity contribution is 6.34. The molecule has 0 spiro atoms. The summed E-state index contributed by atoms with van der Waals surface area (Å²) in [7, 11) is 2.06. The van der Waals surface area contributed by atoms with Crippen LogP contribution in [0.15, 0.2) is 30.6 Å². The first-order chi connectivity index (χ1) is 12.4. The van der Waals surface area contributed by atoms with E-state index >= 15 is 0 Å². The third-order valence-corrected chi connectivity index (χ3v) is 4.46. The molecular weight excluding hydrogens is 360 g/mol. The van der Waals surface area contributed by atoms with Crippen LogP contribution in [0.2, 0.25) is 5.02 Å². The number of hydrogen-bond donors (Lipinski definition) is 1. The van der Waals surface area contributed by atoms with Crippen LogP contribution >= 0.6 is 11.6 Å². The number of amides is 1. The van der Waals surface area contributed by atoms with Gasteiger partial charge in [0.1, 0.15) is 18.0 Å². The molecule has 0 aliphatic carbocycles. The average molecular weight is 377 g/mol. The number of benzene rings is 1. The number of nitro groups is 1. The average Bonchev–Trinajstić information content (AvgIpc) is 2.62. The number of carbonyl (C=O) groups excluding carboxylic acids is 1. The Balaban J connectivity index is 1.77. The normalized spacial score (nSPS) is 14.9. The van der Waals surface area contributed by atoms with Crippen LogP contribution in [0.5, 0.6) is 0 Å². The van der Waals surface area contributed by atoms with Crippen molar-refractivity contribution in [3.05, 3.63) is 51.3 Å². The van der Waals surface area contributed by atoms with Gasteiger partial charge in [-0.15, -0.1) is 0 Å². The summed E-state index contributed by atoms with van der Waals surface area (Å²) in [5.41, 5.74) is -0.194. The van der Waals surface area contributed by atoms with Crippen molar-refractivity contribution in [1.82, 2.24) is 14.9 Å². The molecule has 2 aromatic rings. The fourth-order valence-electron chi connectivity index (χ4n) is 2.61. The van der Waals surface area contributed by atoms with E-state index in [1.165, 1.54) is 18.5 Å². The molecule has 0 atom stereocenters. The molecule has 1 aromatic carbocycles. The lowest BCUT2D eigenvalue weighted by Crippen LogP contribution is -2.44. The number of nitrogens with zero attached hydrogens (tertiary/aromatic N) is 5. The van der Waals surface area contributed by atoms with E-state index in [1.807, 2.05) is 0 Å². The summed E-state index contributed by atoms with van der Waals surface area (Å²) in [6, 6.07) is 5.38. The van der Waals surface area contributed by atoms with Crippen molar-refractivity contribution in [2.75, 3.05) is 43.4 Å². The van der Waals surface area contributed by atoms with Gasteiger partial charge in [0.25, 0.3) is 11.6 Å². The highest BCUT2D eigenvalue weighted by Crippen LogP contribution is 2.23. The van der Waals surface area contributed by atoms with Crippen molar-refractivity contribution >= 4 is 34.8 Å². The Labute approximate surface area is 154 Å². The van der Waals surface area contributed by atoms with E-state index < -0.39 is 10.8 Å². The van der Waals surface area contributed by atoms with Gasteiger partial charge in [-0.25, -0.2) is 9.97 Å². The van der Waals surface area contributed by atoms with Gasteiger partial charge in [-0.2, -0.15) is 0 Å². The number of nitrogens with one attached hydrogen (secondary N) is 1. The first-order valence-electron chi connectivity index (χ1n) is 7.95. The van der Waals surface area contributed by atoms with Gasteiger partial charge in [-0.3, -0.25) is 14.9 Å². The van der Waals surface area contributed by atoms with Crippen molar-refractivity contribution in [3.63, 3.8) is 0 Å². The number of piperazine rings is 1. The maximum Gasteiger partial charge on any atom is 0.270 e. The van der Waals surface area contributed by atoms with Crippen molar-refractivity contribution < 1.29 is 9.72 Å². The highest BCUT2D eigenvalue weighted by Gasteiger charge is 2.18. The number of carbonyl (C=O) groups is 1. The van der Waals surface area contributed by atoms with E-state index in [0.717, 1.165) is 32.2 Å². The van der Waals surface area contributed by atoms with Crippen molar-refractivity contribution in [2.45, 2.75) is 0 Å². The number of anilines is 2. The number of rotatable bonds is 4. The number of hydrogen-bond acceptors (Lipinski definition) is 7. The Morgan fingerprint density at radius 3 is 2.65 bits per heavy atom. The zero-order valence-corrected chi connectivity index (χ0v) is 14.8. The third-order valence-electron chi connectivity index (χ3n) is 4.13. The summed E-state index contributed by atoms with van der Waals surface area (Å²) in [5.74, 6) is 0.455. The maximum absolute atomic E-state index is 12.4. The van der Waals surface area contributed by atoms with Crippen LogP contribution < -0.4 is 10.2 Å². The predicted octanol–water partition coefficient (Wildman–Crippen LogP) is 2.04. The number of nitro benzene ring substituents is 1. The minimum Gasteiger partial charge on any atom is -0.354 e. The van der Waals surface area contributed by atoms with Crippen LogP contribution in [0, 0.1) is 10.1 Å². The van der Waals surface area contributed by atoms with Crippen LogP contribution in [-0.2, 0) is 0 Å². The van der Waals surface area contributed by atoms with E-state index in [4.69, 9.17) is 11.6 Å². The largest absolute Gasteiger partial charge is 0.354 e. The number of aromatic nitrogens is 2. The lowest BCUT2D eigenvalue weighted by atomic mass is 10.2. The monoisotopic (exact) mass is 376 g/mol. The number of likely N-dealkylation sites (N-methyl/N-ethyl adjacent to an activating group) is 1. The van der Waals surface area contributed by atoms with Gasteiger partial charge in [-0.1, -0.05) is 11.6 Å². The van der Waals surface area contributed by atoms with Gasteiger partial charge in [0.15, 0.2) is 0 Å². The topological polar surface area (TPSA) is 104 Å². The molecule has 26 heavy (non-hydrogen) atoms. The quantitative estimate of drug-likeness (QED) is 0.643. The molecule has 3 rings (SSSR count). The highest BCUT2D eigenvalue weighted by atomic mass is 35.5. The summed E-state index contributed by atoms with van der Waals surface area (Å²) >= 11 is 6.00. The van der Waals surface area contributed by atoms with E-state index in [-0.39, 0.29) is 16.3 Å². The zero-order valence-electron chi connectivity index (χ0n) is 14.1. The summed E-state index contributed by atoms with van der Waals surface area (Å²) in [6.07, 6.45) is 1.37. The minimum atomic E-state index is -0.580. The van der Waals surface area contributed by atoms with Gasteiger partial charge in [0.2, 0.25) is 0 Å². The second-order valence-electron chi connectivity index (χ2n) is 5.93. The lowest BCUT2D eigenvalue weighted by Gasteiger charge is -2.33. The fraction of sp³-hybridized carbons (Fsp3) is 0.312. The summed E-state index contributed by atoms with van der Waals surface area (Å²) < 4.78 is 0. The van der Waals surface area contributed by atoms with Crippen LogP contribution in [-0.4, -0.2) is 58.9 Å². The first kappa shape index (κ1) is 18.0. The molecule has 1 fully saturated rings. The van der Waals surface area contributed by atoms with Crippen LogP contribution in [0.3, 0.4) is 0 Å².